The van der Waals surface area contributed by atoms with E-state index in [1.165, 1.54) is 0 Å². The molecule has 0 aromatic heterocycles. The first-order valence-corrected chi connectivity index (χ1v) is 10.2. The maximum absolute atomic E-state index is 12.3. The van der Waals surface area contributed by atoms with Crippen molar-refractivity contribution in [2.24, 2.45) is 0 Å². The Bertz CT molecular complexity index is 608. The Labute approximate surface area is 171 Å². The van der Waals surface area contributed by atoms with Crippen molar-refractivity contribution in [2.45, 2.75) is 25.4 Å². The molecule has 0 unspecified atom stereocenters. The molecule has 1 amide bonds. The number of rotatable bonds is 10. The molecule has 1 aliphatic rings. The lowest BCUT2D eigenvalue weighted by Crippen LogP contribution is -2.49. The lowest BCUT2D eigenvalue weighted by atomic mass is 10.2. The summed E-state index contributed by atoms with van der Waals surface area (Å²) in [7, 11) is 0. The van der Waals surface area contributed by atoms with Crippen LogP contribution in [0.2, 0.25) is 0 Å². The molecule has 1 heterocycles. The van der Waals surface area contributed by atoms with Crippen LogP contribution in [0.25, 0.3) is 0 Å². The Morgan fingerprint density at radius 2 is 1.86 bits per heavy atom. The number of alkyl halides is 3. The molecule has 1 fully saturated rings. The summed E-state index contributed by atoms with van der Waals surface area (Å²) in [6.07, 6.45) is -2.62. The number of halogens is 4. The summed E-state index contributed by atoms with van der Waals surface area (Å²) in [5.41, 5.74) is 0. The number of ether oxygens (including phenoxy) is 2. The molecule has 1 aliphatic heterocycles. The average Bonchev–Trinajstić information content (AvgIpc) is 2.64. The van der Waals surface area contributed by atoms with Crippen molar-refractivity contribution in [2.75, 3.05) is 52.5 Å². The maximum Gasteiger partial charge on any atom is 0.411 e. The Hall–Kier alpha value is -1.32. The molecule has 1 saturated heterocycles. The molecule has 0 radical (unpaired) electrons. The van der Waals surface area contributed by atoms with Gasteiger partial charge in [-0.25, -0.2) is 0 Å². The van der Waals surface area contributed by atoms with Crippen LogP contribution in [0.4, 0.5) is 13.2 Å². The molecule has 0 N–H and O–H groups in total. The minimum atomic E-state index is -4.27. The van der Waals surface area contributed by atoms with Crippen LogP contribution in [0.3, 0.4) is 0 Å². The summed E-state index contributed by atoms with van der Waals surface area (Å²) in [6, 6.07) is 7.58. The highest BCUT2D eigenvalue weighted by Crippen LogP contribution is 2.18. The summed E-state index contributed by atoms with van der Waals surface area (Å²) < 4.78 is 47.2. The van der Waals surface area contributed by atoms with Gasteiger partial charge in [-0.1, -0.05) is 22.0 Å². The molecular weight excluding hydrogens is 441 g/mol. The van der Waals surface area contributed by atoms with E-state index < -0.39 is 12.8 Å². The maximum atomic E-state index is 12.3. The third-order valence-corrected chi connectivity index (χ3v) is 4.85. The average molecular weight is 467 g/mol. The van der Waals surface area contributed by atoms with Crippen molar-refractivity contribution in [1.29, 1.82) is 0 Å². The van der Waals surface area contributed by atoms with Crippen molar-refractivity contribution in [3.63, 3.8) is 0 Å². The monoisotopic (exact) mass is 466 g/mol. The van der Waals surface area contributed by atoms with Crippen LogP contribution in [0, 0.1) is 0 Å². The topological polar surface area (TPSA) is 42.0 Å². The van der Waals surface area contributed by atoms with Gasteiger partial charge < -0.3 is 14.4 Å². The van der Waals surface area contributed by atoms with Gasteiger partial charge in [0.05, 0.1) is 6.61 Å². The SMILES string of the molecule is O=C(CCCOc1cccc(Br)c1)N1CCN(CCCOCC(F)(F)F)CC1. The van der Waals surface area contributed by atoms with Gasteiger partial charge in [0.2, 0.25) is 5.91 Å². The second kappa shape index (κ2) is 11.6. The number of amides is 1. The first-order chi connectivity index (χ1) is 13.3. The predicted octanol–water partition coefficient (Wildman–Crippen LogP) is 3.72. The minimum absolute atomic E-state index is 0.0939. The number of hydrogen-bond donors (Lipinski definition) is 0. The van der Waals surface area contributed by atoms with Crippen LogP contribution in [-0.2, 0) is 9.53 Å². The lowest BCUT2D eigenvalue weighted by Gasteiger charge is -2.34. The van der Waals surface area contributed by atoms with Crippen LogP contribution in [0.1, 0.15) is 19.3 Å². The Morgan fingerprint density at radius 3 is 2.54 bits per heavy atom. The van der Waals surface area contributed by atoms with Crippen LogP contribution in [0.15, 0.2) is 28.7 Å². The second-order valence-electron chi connectivity index (χ2n) is 6.65. The number of hydrogen-bond acceptors (Lipinski definition) is 4. The van der Waals surface area contributed by atoms with Gasteiger partial charge in [0.25, 0.3) is 0 Å². The number of benzene rings is 1. The number of nitrogens with zero attached hydrogens (tertiary/aromatic N) is 2. The zero-order valence-electron chi connectivity index (χ0n) is 15.7. The van der Waals surface area contributed by atoms with Gasteiger partial charge in [-0.05, 0) is 31.0 Å². The van der Waals surface area contributed by atoms with Crippen molar-refractivity contribution in [1.82, 2.24) is 9.80 Å². The van der Waals surface area contributed by atoms with Gasteiger partial charge >= 0.3 is 6.18 Å². The summed E-state index contributed by atoms with van der Waals surface area (Å²) in [6.45, 7) is 2.83. The van der Waals surface area contributed by atoms with Crippen LogP contribution in [-0.4, -0.2) is 74.4 Å². The van der Waals surface area contributed by atoms with Gasteiger partial charge in [-0.3, -0.25) is 9.69 Å². The van der Waals surface area contributed by atoms with Crippen molar-refractivity contribution < 1.29 is 27.4 Å². The zero-order chi connectivity index (χ0) is 20.4. The molecule has 5 nitrogen and oxygen atoms in total. The van der Waals surface area contributed by atoms with E-state index in [9.17, 15) is 18.0 Å². The summed E-state index contributed by atoms with van der Waals surface area (Å²) in [4.78, 5) is 16.3. The fourth-order valence-electron chi connectivity index (χ4n) is 2.93. The summed E-state index contributed by atoms with van der Waals surface area (Å²) in [5.74, 6) is 0.889. The molecule has 0 spiro atoms. The highest BCUT2D eigenvalue weighted by atomic mass is 79.9. The van der Waals surface area contributed by atoms with Gasteiger partial charge in [-0.15, -0.1) is 0 Å². The van der Waals surface area contributed by atoms with Crippen LogP contribution in [0.5, 0.6) is 5.75 Å². The van der Waals surface area contributed by atoms with E-state index in [0.29, 0.717) is 45.5 Å². The van der Waals surface area contributed by atoms with E-state index >= 15 is 0 Å². The smallest absolute Gasteiger partial charge is 0.411 e. The molecule has 1 aromatic carbocycles. The van der Waals surface area contributed by atoms with E-state index in [2.05, 4.69) is 25.6 Å². The Morgan fingerprint density at radius 1 is 1.11 bits per heavy atom. The van der Waals surface area contributed by atoms with Crippen LogP contribution < -0.4 is 4.74 Å². The molecule has 2 rings (SSSR count). The molecule has 0 aliphatic carbocycles. The molecule has 158 valence electrons. The van der Waals surface area contributed by atoms with E-state index in [-0.39, 0.29) is 12.5 Å². The van der Waals surface area contributed by atoms with Crippen molar-refractivity contribution in [3.05, 3.63) is 28.7 Å². The number of carbonyl (C=O) groups excluding carboxylic acids is 1. The molecule has 28 heavy (non-hydrogen) atoms. The highest BCUT2D eigenvalue weighted by Gasteiger charge is 2.27. The van der Waals surface area contributed by atoms with E-state index in [1.807, 2.05) is 29.2 Å². The fraction of sp³-hybridized carbons (Fsp3) is 0.632. The molecular formula is C19H26BrF3N2O3. The van der Waals surface area contributed by atoms with E-state index in [1.54, 1.807) is 0 Å². The predicted molar refractivity (Wildman–Crippen MR) is 103 cm³/mol. The van der Waals surface area contributed by atoms with Gasteiger partial charge in [0.1, 0.15) is 12.4 Å². The third kappa shape index (κ3) is 9.25. The second-order valence-corrected chi connectivity index (χ2v) is 7.57. The first-order valence-electron chi connectivity index (χ1n) is 9.36. The third-order valence-electron chi connectivity index (χ3n) is 4.35. The highest BCUT2D eigenvalue weighted by molar-refractivity contribution is 9.10. The van der Waals surface area contributed by atoms with Crippen molar-refractivity contribution >= 4 is 21.8 Å². The number of carbonyl (C=O) groups is 1. The Kier molecular flexibility index (Phi) is 9.53. The largest absolute Gasteiger partial charge is 0.494 e. The molecule has 0 bridgehead atoms. The Balaban J connectivity index is 1.53. The summed E-state index contributed by atoms with van der Waals surface area (Å²) in [5, 5.41) is 0. The molecule has 0 saturated carbocycles. The normalized spacial score (nSPS) is 15.6. The minimum Gasteiger partial charge on any atom is -0.494 e. The van der Waals surface area contributed by atoms with E-state index in [4.69, 9.17) is 4.74 Å². The molecule has 0 atom stereocenters. The standard InChI is InChI=1S/C19H26BrF3N2O3/c20-16-4-1-5-17(14-16)28-13-2-6-18(26)25-10-8-24(9-11-25)7-3-12-27-15-19(21,22)23/h1,4-5,14H,2-3,6-13,15H2. The number of piperazine rings is 1. The van der Waals surface area contributed by atoms with Gasteiger partial charge in [0, 0.05) is 50.2 Å². The zero-order valence-corrected chi connectivity index (χ0v) is 17.3. The fourth-order valence-corrected chi connectivity index (χ4v) is 3.31. The quantitative estimate of drug-likeness (QED) is 0.492. The first kappa shape index (κ1) is 23.0. The molecule has 1 aromatic rings. The van der Waals surface area contributed by atoms with Gasteiger partial charge in [0.15, 0.2) is 0 Å². The van der Waals surface area contributed by atoms with Gasteiger partial charge in [-0.2, -0.15) is 13.2 Å². The molecule has 9 heteroatoms. The lowest BCUT2D eigenvalue weighted by molar-refractivity contribution is -0.174. The van der Waals surface area contributed by atoms with E-state index in [0.717, 1.165) is 23.3 Å². The van der Waals surface area contributed by atoms with Crippen LogP contribution >= 0.6 is 15.9 Å². The van der Waals surface area contributed by atoms with Crippen molar-refractivity contribution in [3.8, 4) is 5.75 Å². The summed E-state index contributed by atoms with van der Waals surface area (Å²) >= 11 is 3.39.